The molecule has 0 unspecified atom stereocenters. The summed E-state index contributed by atoms with van der Waals surface area (Å²) >= 11 is 0. The van der Waals surface area contributed by atoms with Crippen LogP contribution in [0, 0.1) is 0 Å². The largest absolute Gasteiger partial charge is 0.480 e. The Morgan fingerprint density at radius 1 is 0.419 bits per heavy atom. The first kappa shape index (κ1) is 40.1. The van der Waals surface area contributed by atoms with Crippen molar-refractivity contribution in [1.29, 1.82) is 0 Å². The zero-order valence-electron chi connectivity index (χ0n) is 25.8. The molecule has 0 aliphatic rings. The van der Waals surface area contributed by atoms with E-state index >= 15 is 0 Å². The van der Waals surface area contributed by atoms with Gasteiger partial charge in [0.15, 0.2) is 0 Å². The average Bonchev–Trinajstić information content (AvgIpc) is 2.93. The third kappa shape index (κ3) is 20.6. The van der Waals surface area contributed by atoms with E-state index in [0.29, 0.717) is 0 Å². The molecule has 0 saturated heterocycles. The highest BCUT2D eigenvalue weighted by Gasteiger charge is 2.23. The van der Waals surface area contributed by atoms with Gasteiger partial charge in [0.25, 0.3) is 0 Å². The number of hydrogen-bond donors (Lipinski definition) is 3. The molecule has 17 nitrogen and oxygen atoms in total. The first-order chi connectivity index (χ1) is 20.5. The van der Waals surface area contributed by atoms with Crippen molar-refractivity contribution in [3.63, 3.8) is 0 Å². The molecule has 0 aliphatic heterocycles. The van der Waals surface area contributed by atoms with Crippen molar-refractivity contribution in [1.82, 2.24) is 24.5 Å². The molecule has 0 bridgehead atoms. The molecule has 0 saturated carbocycles. The molecule has 0 aromatic carbocycles. The second-order valence-corrected chi connectivity index (χ2v) is 9.61. The summed E-state index contributed by atoms with van der Waals surface area (Å²) in [6, 6.07) is 0. The quantitative estimate of drug-likeness (QED) is 0.0818. The Balaban J connectivity index is 5.50. The van der Waals surface area contributed by atoms with Gasteiger partial charge in [0.2, 0.25) is 11.8 Å². The molecule has 0 fully saturated rings. The summed E-state index contributed by atoms with van der Waals surface area (Å²) in [5.41, 5.74) is 0. The topological polar surface area (TPSA) is 199 Å². The lowest BCUT2D eigenvalue weighted by molar-refractivity contribution is -0.141. The van der Waals surface area contributed by atoms with Gasteiger partial charge >= 0.3 is 17.9 Å². The van der Waals surface area contributed by atoms with Crippen LogP contribution in [0.1, 0.15) is 0 Å². The molecule has 0 atom stereocenters. The molecule has 0 aromatic rings. The molecule has 0 heterocycles. The van der Waals surface area contributed by atoms with Gasteiger partial charge in [-0.3, -0.25) is 38.7 Å². The molecule has 0 aliphatic carbocycles. The van der Waals surface area contributed by atoms with E-state index in [0.717, 1.165) is 0 Å². The summed E-state index contributed by atoms with van der Waals surface area (Å²) in [4.78, 5) is 67.7. The molecular weight excluding hydrogens is 574 g/mol. The van der Waals surface area contributed by atoms with E-state index in [4.69, 9.17) is 18.9 Å². The number of ether oxygens (including phenoxy) is 4. The van der Waals surface area contributed by atoms with E-state index in [-0.39, 0.29) is 104 Å². The summed E-state index contributed by atoms with van der Waals surface area (Å²) in [6.07, 6.45) is 0. The van der Waals surface area contributed by atoms with Gasteiger partial charge < -0.3 is 44.1 Å². The van der Waals surface area contributed by atoms with Crippen LogP contribution in [0.25, 0.3) is 0 Å². The lowest BCUT2D eigenvalue weighted by Crippen LogP contribution is -2.49. The standard InChI is InChI=1S/C26H49N5O12/c1-40-13-9-30(10-14-41-2)22(32)17-28(20-25(36)37)7-5-27(19-24(34)35)6-8-29(21-26(38)39)18-23(33)31(11-15-42-3)12-16-43-4/h5-21H2,1-4H3,(H,34,35)(H,36,37)(H,38,39). The summed E-state index contributed by atoms with van der Waals surface area (Å²) in [6.45, 7) is 0.782. The predicted molar refractivity (Wildman–Crippen MR) is 153 cm³/mol. The fourth-order valence-electron chi connectivity index (χ4n) is 3.95. The van der Waals surface area contributed by atoms with E-state index in [2.05, 4.69) is 0 Å². The van der Waals surface area contributed by atoms with E-state index in [9.17, 15) is 39.3 Å². The summed E-state index contributed by atoms with van der Waals surface area (Å²) in [5.74, 6) is -4.13. The van der Waals surface area contributed by atoms with Crippen LogP contribution < -0.4 is 0 Å². The molecule has 43 heavy (non-hydrogen) atoms. The van der Waals surface area contributed by atoms with E-state index < -0.39 is 37.5 Å². The van der Waals surface area contributed by atoms with Crippen molar-refractivity contribution in [3.8, 4) is 0 Å². The third-order valence-corrected chi connectivity index (χ3v) is 6.23. The van der Waals surface area contributed by atoms with Crippen molar-refractivity contribution in [2.24, 2.45) is 0 Å². The summed E-state index contributed by atoms with van der Waals surface area (Å²) in [5, 5.41) is 28.2. The molecule has 0 rings (SSSR count). The Kier molecular flexibility index (Phi) is 22.8. The number of carbonyl (C=O) groups is 5. The fraction of sp³-hybridized carbons (Fsp3) is 0.808. The number of nitrogens with zero attached hydrogens (tertiary/aromatic N) is 5. The van der Waals surface area contributed by atoms with Crippen molar-refractivity contribution in [2.45, 2.75) is 0 Å². The monoisotopic (exact) mass is 623 g/mol. The third-order valence-electron chi connectivity index (χ3n) is 6.23. The van der Waals surface area contributed by atoms with Crippen LogP contribution in [0.15, 0.2) is 0 Å². The van der Waals surface area contributed by atoms with Crippen LogP contribution in [-0.4, -0.2) is 209 Å². The maximum atomic E-state index is 12.9. The van der Waals surface area contributed by atoms with E-state index in [1.807, 2.05) is 0 Å². The number of aliphatic carboxylic acids is 3. The number of amides is 2. The minimum Gasteiger partial charge on any atom is -0.480 e. The van der Waals surface area contributed by atoms with Gasteiger partial charge in [-0.2, -0.15) is 0 Å². The maximum Gasteiger partial charge on any atom is 0.317 e. The lowest BCUT2D eigenvalue weighted by Gasteiger charge is -2.30. The maximum absolute atomic E-state index is 12.9. The first-order valence-corrected chi connectivity index (χ1v) is 13.8. The van der Waals surface area contributed by atoms with Gasteiger partial charge in [0.1, 0.15) is 0 Å². The second kappa shape index (κ2) is 24.5. The Morgan fingerprint density at radius 3 is 0.930 bits per heavy atom. The Bertz CT molecular complexity index is 760. The van der Waals surface area contributed by atoms with Crippen molar-refractivity contribution in [3.05, 3.63) is 0 Å². The molecule has 17 heteroatoms. The number of carboxylic acid groups (broad SMARTS) is 3. The number of rotatable bonds is 28. The average molecular weight is 624 g/mol. The Morgan fingerprint density at radius 2 is 0.674 bits per heavy atom. The highest BCUT2D eigenvalue weighted by Crippen LogP contribution is 2.01. The molecule has 0 spiro atoms. The zero-order valence-corrected chi connectivity index (χ0v) is 25.8. The van der Waals surface area contributed by atoms with Crippen LogP contribution in [-0.2, 0) is 42.9 Å². The van der Waals surface area contributed by atoms with Crippen molar-refractivity contribution in [2.75, 3.05) is 140 Å². The van der Waals surface area contributed by atoms with Gasteiger partial charge in [0, 0.05) is 80.8 Å². The van der Waals surface area contributed by atoms with Crippen LogP contribution in [0.4, 0.5) is 0 Å². The van der Waals surface area contributed by atoms with Crippen LogP contribution in [0.5, 0.6) is 0 Å². The molecule has 2 amide bonds. The minimum atomic E-state index is -1.16. The zero-order chi connectivity index (χ0) is 32.6. The number of carboxylic acids is 3. The van der Waals surface area contributed by atoms with E-state index in [1.165, 1.54) is 52.9 Å². The van der Waals surface area contributed by atoms with Gasteiger partial charge in [-0.05, 0) is 0 Å². The molecule has 0 aromatic heterocycles. The second-order valence-electron chi connectivity index (χ2n) is 9.61. The molecular formula is C26H49N5O12. The predicted octanol–water partition coefficient (Wildman–Crippen LogP) is -2.61. The Hall–Kier alpha value is -2.93. The lowest BCUT2D eigenvalue weighted by atomic mass is 10.3. The van der Waals surface area contributed by atoms with Crippen molar-refractivity contribution < 1.29 is 58.2 Å². The number of methoxy groups -OCH3 is 4. The minimum absolute atomic E-state index is 0.0490. The van der Waals surface area contributed by atoms with Crippen molar-refractivity contribution >= 4 is 29.7 Å². The number of carbonyl (C=O) groups excluding carboxylic acids is 2. The van der Waals surface area contributed by atoms with Gasteiger partial charge in [0.05, 0.1) is 59.2 Å². The van der Waals surface area contributed by atoms with E-state index in [1.54, 1.807) is 0 Å². The summed E-state index contributed by atoms with van der Waals surface area (Å²) < 4.78 is 20.2. The number of hydrogen-bond acceptors (Lipinski definition) is 12. The molecule has 3 N–H and O–H groups in total. The van der Waals surface area contributed by atoms with Crippen LogP contribution in [0.3, 0.4) is 0 Å². The summed E-state index contributed by atoms with van der Waals surface area (Å²) in [7, 11) is 6.00. The molecule has 0 radical (unpaired) electrons. The highest BCUT2D eigenvalue weighted by molar-refractivity contribution is 5.80. The molecule has 250 valence electrons. The van der Waals surface area contributed by atoms with Gasteiger partial charge in [-0.1, -0.05) is 0 Å². The first-order valence-electron chi connectivity index (χ1n) is 13.8. The fourth-order valence-corrected chi connectivity index (χ4v) is 3.95. The smallest absolute Gasteiger partial charge is 0.317 e. The highest BCUT2D eigenvalue weighted by atomic mass is 16.5. The van der Waals surface area contributed by atoms with Crippen LogP contribution >= 0.6 is 0 Å². The van der Waals surface area contributed by atoms with Gasteiger partial charge in [-0.15, -0.1) is 0 Å². The SMILES string of the molecule is COCCN(CCOC)C(=O)CN(CCN(CCN(CC(=O)O)CC(=O)N(CCOC)CCOC)CC(=O)O)CC(=O)O. The van der Waals surface area contributed by atoms with Crippen LogP contribution in [0.2, 0.25) is 0 Å². The normalized spacial score (nSPS) is 11.3. The van der Waals surface area contributed by atoms with Gasteiger partial charge in [-0.25, -0.2) is 0 Å². The Labute approximate surface area is 252 Å².